The molecule has 0 saturated carbocycles. The van der Waals surface area contributed by atoms with Crippen molar-refractivity contribution in [3.05, 3.63) is 16.4 Å². The Labute approximate surface area is 90.2 Å². The van der Waals surface area contributed by atoms with E-state index in [2.05, 4.69) is 35.6 Å². The first-order chi connectivity index (χ1) is 6.71. The van der Waals surface area contributed by atoms with Crippen molar-refractivity contribution < 1.29 is 0 Å². The summed E-state index contributed by atoms with van der Waals surface area (Å²) in [5.74, 6) is 0.888. The first kappa shape index (κ1) is 11.2. The number of rotatable bonds is 4. The van der Waals surface area contributed by atoms with Gasteiger partial charge in [0.25, 0.3) is 0 Å². The van der Waals surface area contributed by atoms with E-state index in [9.17, 15) is 0 Å². The normalized spacial score (nSPS) is 10.2. The zero-order chi connectivity index (χ0) is 10.6. The van der Waals surface area contributed by atoms with E-state index in [1.165, 1.54) is 0 Å². The molecule has 1 aromatic heterocycles. The molecule has 0 fully saturated rings. The van der Waals surface area contributed by atoms with Crippen LogP contribution in [0.5, 0.6) is 0 Å². The molecular weight excluding hydrogens is 194 g/mol. The van der Waals surface area contributed by atoms with Crippen LogP contribution in [0.1, 0.15) is 26.5 Å². The average Bonchev–Trinajstić information content (AvgIpc) is 2.19. The Balaban J connectivity index is 3.07. The van der Waals surface area contributed by atoms with Gasteiger partial charge >= 0.3 is 0 Å². The van der Waals surface area contributed by atoms with E-state index in [0.717, 1.165) is 31.2 Å². The monoisotopic (exact) mass is 211 g/mol. The lowest BCUT2D eigenvalue weighted by molar-refractivity contribution is 0.808. The quantitative estimate of drug-likeness (QED) is 0.777. The number of hydrogen-bond acceptors (Lipinski definition) is 3. The lowest BCUT2D eigenvalue weighted by atomic mass is 10.3. The molecule has 0 radical (unpaired) electrons. The van der Waals surface area contributed by atoms with Gasteiger partial charge in [0, 0.05) is 18.8 Å². The molecule has 0 aliphatic carbocycles. The fourth-order valence-electron chi connectivity index (χ4n) is 1.36. The van der Waals surface area contributed by atoms with Gasteiger partial charge in [0.1, 0.15) is 4.64 Å². The van der Waals surface area contributed by atoms with Gasteiger partial charge in [-0.15, -0.1) is 0 Å². The van der Waals surface area contributed by atoms with Crippen LogP contribution in [0, 0.1) is 4.64 Å². The lowest BCUT2D eigenvalue weighted by Crippen LogP contribution is -2.24. The molecule has 14 heavy (non-hydrogen) atoms. The second-order valence-electron chi connectivity index (χ2n) is 3.09. The van der Waals surface area contributed by atoms with Crippen LogP contribution in [0.25, 0.3) is 0 Å². The predicted octanol–water partition coefficient (Wildman–Crippen LogP) is 2.55. The Morgan fingerprint density at radius 2 is 2.00 bits per heavy atom. The summed E-state index contributed by atoms with van der Waals surface area (Å²) in [4.78, 5) is 9.76. The van der Waals surface area contributed by atoms with Gasteiger partial charge < -0.3 is 9.88 Å². The van der Waals surface area contributed by atoms with Crippen molar-refractivity contribution in [3.63, 3.8) is 0 Å². The highest BCUT2D eigenvalue weighted by molar-refractivity contribution is 7.71. The standard InChI is InChI=1S/C10H17N3S/c1-4-8-7-9(14)12-10(11-8)13(5-2)6-3/h7H,4-6H2,1-3H3,(H,11,12,14). The number of nitrogens with zero attached hydrogens (tertiary/aromatic N) is 2. The number of nitrogens with one attached hydrogen (secondary N) is 1. The van der Waals surface area contributed by atoms with Gasteiger partial charge in [-0.25, -0.2) is 4.98 Å². The maximum Gasteiger partial charge on any atom is 0.204 e. The van der Waals surface area contributed by atoms with Crippen LogP contribution in [-0.2, 0) is 6.42 Å². The second-order valence-corrected chi connectivity index (χ2v) is 3.51. The van der Waals surface area contributed by atoms with Gasteiger partial charge in [-0.1, -0.05) is 19.1 Å². The van der Waals surface area contributed by atoms with Gasteiger partial charge in [-0.05, 0) is 26.3 Å². The number of anilines is 1. The topological polar surface area (TPSA) is 31.9 Å². The zero-order valence-corrected chi connectivity index (χ0v) is 9.82. The van der Waals surface area contributed by atoms with Crippen molar-refractivity contribution >= 4 is 18.2 Å². The maximum absolute atomic E-state index is 5.11. The summed E-state index contributed by atoms with van der Waals surface area (Å²) in [5.41, 5.74) is 1.15. The third kappa shape index (κ3) is 2.54. The van der Waals surface area contributed by atoms with Crippen molar-refractivity contribution in [2.45, 2.75) is 27.2 Å². The number of aryl methyl sites for hydroxylation is 1. The molecule has 0 amide bonds. The molecule has 4 heteroatoms. The Morgan fingerprint density at radius 1 is 1.36 bits per heavy atom. The first-order valence-corrected chi connectivity index (χ1v) is 5.47. The SMILES string of the molecule is CCc1cc(=S)nc(N(CC)CC)[nH]1. The summed E-state index contributed by atoms with van der Waals surface area (Å²) < 4.78 is 0.669. The molecule has 0 unspecified atom stereocenters. The highest BCUT2D eigenvalue weighted by Gasteiger charge is 2.04. The minimum absolute atomic E-state index is 0.669. The second kappa shape index (κ2) is 5.10. The highest BCUT2D eigenvalue weighted by atomic mass is 32.1. The average molecular weight is 211 g/mol. The van der Waals surface area contributed by atoms with Gasteiger partial charge in [-0.2, -0.15) is 0 Å². The lowest BCUT2D eigenvalue weighted by Gasteiger charge is -2.19. The molecule has 3 nitrogen and oxygen atoms in total. The van der Waals surface area contributed by atoms with E-state index in [1.54, 1.807) is 0 Å². The molecule has 1 aromatic rings. The van der Waals surface area contributed by atoms with Crippen molar-refractivity contribution in [2.24, 2.45) is 0 Å². The first-order valence-electron chi connectivity index (χ1n) is 5.06. The van der Waals surface area contributed by atoms with E-state index < -0.39 is 0 Å². The van der Waals surface area contributed by atoms with Gasteiger partial charge in [-0.3, -0.25) is 0 Å². The van der Waals surface area contributed by atoms with Crippen LogP contribution >= 0.6 is 12.2 Å². The fourth-order valence-corrected chi connectivity index (χ4v) is 1.59. The Morgan fingerprint density at radius 3 is 2.50 bits per heavy atom. The molecule has 0 atom stereocenters. The number of hydrogen-bond donors (Lipinski definition) is 1. The van der Waals surface area contributed by atoms with Crippen molar-refractivity contribution in [1.82, 2.24) is 9.97 Å². The van der Waals surface area contributed by atoms with Gasteiger partial charge in [0.15, 0.2) is 0 Å². The van der Waals surface area contributed by atoms with E-state index in [1.807, 2.05) is 6.07 Å². The third-order valence-electron chi connectivity index (χ3n) is 2.23. The summed E-state index contributed by atoms with van der Waals surface area (Å²) in [6.07, 6.45) is 0.959. The molecule has 78 valence electrons. The molecule has 1 rings (SSSR count). The molecule has 0 aliphatic heterocycles. The molecule has 1 heterocycles. The van der Waals surface area contributed by atoms with Crippen LogP contribution < -0.4 is 4.90 Å². The van der Waals surface area contributed by atoms with Crippen LogP contribution in [0.3, 0.4) is 0 Å². The molecule has 0 spiro atoms. The highest BCUT2D eigenvalue weighted by Crippen LogP contribution is 2.08. The molecule has 0 saturated heterocycles. The summed E-state index contributed by atoms with van der Waals surface area (Å²) in [6.45, 7) is 8.22. The van der Waals surface area contributed by atoms with Gasteiger partial charge in [0.05, 0.1) is 0 Å². The number of aromatic nitrogens is 2. The minimum Gasteiger partial charge on any atom is -0.343 e. The number of aromatic amines is 1. The van der Waals surface area contributed by atoms with Crippen LogP contribution in [0.2, 0.25) is 0 Å². The van der Waals surface area contributed by atoms with E-state index >= 15 is 0 Å². The molecular formula is C10H17N3S. The molecule has 1 N–H and O–H groups in total. The van der Waals surface area contributed by atoms with E-state index in [4.69, 9.17) is 12.2 Å². The summed E-state index contributed by atoms with van der Waals surface area (Å²) in [5, 5.41) is 0. The van der Waals surface area contributed by atoms with Crippen LogP contribution in [-0.4, -0.2) is 23.1 Å². The maximum atomic E-state index is 5.11. The fraction of sp³-hybridized carbons (Fsp3) is 0.600. The molecule has 0 aromatic carbocycles. The third-order valence-corrected chi connectivity index (χ3v) is 2.44. The van der Waals surface area contributed by atoms with Crippen LogP contribution in [0.4, 0.5) is 5.95 Å². The summed E-state index contributed by atoms with van der Waals surface area (Å²) in [6, 6.07) is 1.92. The van der Waals surface area contributed by atoms with Crippen molar-refractivity contribution in [2.75, 3.05) is 18.0 Å². The van der Waals surface area contributed by atoms with Crippen molar-refractivity contribution in [1.29, 1.82) is 0 Å². The minimum atomic E-state index is 0.669. The van der Waals surface area contributed by atoms with E-state index in [-0.39, 0.29) is 0 Å². The largest absolute Gasteiger partial charge is 0.343 e. The zero-order valence-electron chi connectivity index (χ0n) is 9.00. The van der Waals surface area contributed by atoms with E-state index in [0.29, 0.717) is 4.64 Å². The smallest absolute Gasteiger partial charge is 0.204 e. The predicted molar refractivity (Wildman–Crippen MR) is 62.4 cm³/mol. The van der Waals surface area contributed by atoms with Crippen LogP contribution in [0.15, 0.2) is 6.07 Å². The molecule has 0 aliphatic rings. The Kier molecular flexibility index (Phi) is 4.07. The van der Waals surface area contributed by atoms with Crippen molar-refractivity contribution in [3.8, 4) is 0 Å². The summed E-state index contributed by atoms with van der Waals surface area (Å²) >= 11 is 5.11. The number of H-pyrrole nitrogens is 1. The molecule has 0 bridgehead atoms. The van der Waals surface area contributed by atoms with Gasteiger partial charge in [0.2, 0.25) is 5.95 Å². The summed E-state index contributed by atoms with van der Waals surface area (Å²) in [7, 11) is 0. The Hall–Kier alpha value is -0.900. The Bertz CT molecular complexity index is 341.